The Morgan fingerprint density at radius 3 is 2.55 bits per heavy atom. The van der Waals surface area contributed by atoms with Gasteiger partial charge in [0.15, 0.2) is 0 Å². The van der Waals surface area contributed by atoms with Crippen molar-refractivity contribution in [3.63, 3.8) is 0 Å². The molecule has 3 aromatic rings. The first-order valence-electron chi connectivity index (χ1n) is 9.95. The minimum Gasteiger partial charge on any atom is -0.495 e. The number of amides is 1. The van der Waals surface area contributed by atoms with Crippen molar-refractivity contribution in [2.45, 2.75) is 25.3 Å². The highest BCUT2D eigenvalue weighted by Gasteiger charge is 2.26. The molecule has 1 amide bonds. The van der Waals surface area contributed by atoms with Gasteiger partial charge in [0.05, 0.1) is 13.7 Å². The molecule has 0 bridgehead atoms. The van der Waals surface area contributed by atoms with E-state index in [2.05, 4.69) is 10.4 Å². The Hall–Kier alpha value is -3.17. The second-order valence-electron chi connectivity index (χ2n) is 6.81. The zero-order valence-electron chi connectivity index (χ0n) is 17.8. The van der Waals surface area contributed by atoms with E-state index in [0.29, 0.717) is 25.3 Å². The molecule has 0 aliphatic heterocycles. The number of anilines is 1. The van der Waals surface area contributed by atoms with Crippen molar-refractivity contribution < 1.29 is 17.9 Å². The van der Waals surface area contributed by atoms with E-state index in [0.717, 1.165) is 5.56 Å². The molecule has 0 aliphatic carbocycles. The predicted octanol–water partition coefficient (Wildman–Crippen LogP) is 3.22. The number of hydrogen-bond acceptors (Lipinski definition) is 5. The van der Waals surface area contributed by atoms with E-state index >= 15 is 0 Å². The molecule has 164 valence electrons. The number of hydrogen-bond donors (Lipinski definition) is 1. The Labute approximate surface area is 182 Å². The van der Waals surface area contributed by atoms with E-state index in [1.807, 2.05) is 30.5 Å². The molecule has 0 saturated carbocycles. The van der Waals surface area contributed by atoms with Crippen LogP contribution in [0.5, 0.6) is 5.75 Å². The highest BCUT2D eigenvalue weighted by Crippen LogP contribution is 2.28. The van der Waals surface area contributed by atoms with E-state index in [4.69, 9.17) is 4.74 Å². The lowest BCUT2D eigenvalue weighted by atomic mass is 10.1. The van der Waals surface area contributed by atoms with E-state index in [9.17, 15) is 13.2 Å². The molecule has 31 heavy (non-hydrogen) atoms. The SMILES string of the molecule is CCN(CC)S(=O)(=O)c1cc(C(=O)Nc2cccc(Cn3cccn3)c2)ccc1OC. The van der Waals surface area contributed by atoms with Gasteiger partial charge in [0.2, 0.25) is 10.0 Å². The standard InChI is InChI=1S/C22H26N4O4S/c1-4-26(5-2)31(28,29)21-15-18(10-11-20(21)30-3)22(27)24-19-9-6-8-17(14-19)16-25-13-7-12-23-25/h6-15H,4-5,16H2,1-3H3,(H,24,27). The van der Waals surface area contributed by atoms with Gasteiger partial charge in [-0.2, -0.15) is 9.40 Å². The maximum Gasteiger partial charge on any atom is 0.255 e. The molecule has 0 saturated heterocycles. The van der Waals surface area contributed by atoms with Crippen LogP contribution in [0.1, 0.15) is 29.8 Å². The number of carbonyl (C=O) groups excluding carboxylic acids is 1. The van der Waals surface area contributed by atoms with Gasteiger partial charge in [-0.25, -0.2) is 8.42 Å². The lowest BCUT2D eigenvalue weighted by Gasteiger charge is -2.20. The molecule has 1 heterocycles. The lowest BCUT2D eigenvalue weighted by Crippen LogP contribution is -2.31. The smallest absolute Gasteiger partial charge is 0.255 e. The molecule has 0 radical (unpaired) electrons. The van der Waals surface area contributed by atoms with Crippen molar-refractivity contribution in [2.75, 3.05) is 25.5 Å². The van der Waals surface area contributed by atoms with E-state index in [-0.39, 0.29) is 16.2 Å². The molecular formula is C22H26N4O4S. The zero-order valence-corrected chi connectivity index (χ0v) is 18.6. The van der Waals surface area contributed by atoms with Crippen LogP contribution in [0.3, 0.4) is 0 Å². The summed E-state index contributed by atoms with van der Waals surface area (Å²) in [6.07, 6.45) is 3.57. The fraction of sp³-hybridized carbons (Fsp3) is 0.273. The molecule has 3 rings (SSSR count). The fourth-order valence-electron chi connectivity index (χ4n) is 3.25. The summed E-state index contributed by atoms with van der Waals surface area (Å²) < 4.78 is 34.4. The topological polar surface area (TPSA) is 93.5 Å². The van der Waals surface area contributed by atoms with Crippen LogP contribution < -0.4 is 10.1 Å². The number of rotatable bonds is 9. The normalized spacial score (nSPS) is 11.5. The van der Waals surface area contributed by atoms with E-state index < -0.39 is 15.9 Å². The molecule has 1 N–H and O–H groups in total. The van der Waals surface area contributed by atoms with Crippen molar-refractivity contribution in [2.24, 2.45) is 0 Å². The van der Waals surface area contributed by atoms with E-state index in [1.165, 1.54) is 23.5 Å². The van der Waals surface area contributed by atoms with Gasteiger partial charge in [-0.3, -0.25) is 9.48 Å². The van der Waals surface area contributed by atoms with Crippen LogP contribution in [0.2, 0.25) is 0 Å². The average molecular weight is 443 g/mol. The number of ether oxygens (including phenoxy) is 1. The largest absolute Gasteiger partial charge is 0.495 e. The quantitative estimate of drug-likeness (QED) is 0.549. The minimum atomic E-state index is -3.79. The van der Waals surface area contributed by atoms with Gasteiger partial charge < -0.3 is 10.1 Å². The van der Waals surface area contributed by atoms with E-state index in [1.54, 1.807) is 36.9 Å². The van der Waals surface area contributed by atoms with Crippen LogP contribution in [0.15, 0.2) is 65.8 Å². The second-order valence-corrected chi connectivity index (χ2v) is 8.72. The number of benzene rings is 2. The first-order valence-corrected chi connectivity index (χ1v) is 11.4. The number of sulfonamides is 1. The van der Waals surface area contributed by atoms with Gasteiger partial charge in [0.25, 0.3) is 5.91 Å². The van der Waals surface area contributed by atoms with Crippen LogP contribution in [0.4, 0.5) is 5.69 Å². The van der Waals surface area contributed by atoms with Gasteiger partial charge in [-0.1, -0.05) is 26.0 Å². The van der Waals surface area contributed by atoms with Crippen molar-refractivity contribution >= 4 is 21.6 Å². The summed E-state index contributed by atoms with van der Waals surface area (Å²) in [5.74, 6) is -0.209. The first-order chi connectivity index (χ1) is 14.9. The predicted molar refractivity (Wildman–Crippen MR) is 119 cm³/mol. The Morgan fingerprint density at radius 2 is 1.90 bits per heavy atom. The van der Waals surface area contributed by atoms with Crippen molar-refractivity contribution in [3.8, 4) is 5.75 Å². The average Bonchev–Trinajstić information content (AvgIpc) is 3.27. The molecule has 9 heteroatoms. The Bertz CT molecular complexity index is 1140. The highest BCUT2D eigenvalue weighted by molar-refractivity contribution is 7.89. The van der Waals surface area contributed by atoms with Gasteiger partial charge in [0, 0.05) is 36.7 Å². The summed E-state index contributed by atoms with van der Waals surface area (Å²) in [6, 6.07) is 13.7. The molecular weight excluding hydrogens is 416 g/mol. The van der Waals surface area contributed by atoms with Crippen LogP contribution in [0, 0.1) is 0 Å². The summed E-state index contributed by atoms with van der Waals surface area (Å²) in [5.41, 5.74) is 1.81. The Morgan fingerprint density at radius 1 is 1.13 bits per heavy atom. The second kappa shape index (κ2) is 9.76. The maximum absolute atomic E-state index is 13.0. The fourth-order valence-corrected chi connectivity index (χ4v) is 4.89. The third-order valence-electron chi connectivity index (χ3n) is 4.84. The van der Waals surface area contributed by atoms with Gasteiger partial charge in [-0.05, 0) is 42.0 Å². The molecule has 1 aromatic heterocycles. The lowest BCUT2D eigenvalue weighted by molar-refractivity contribution is 0.102. The Balaban J connectivity index is 1.86. The first kappa shape index (κ1) is 22.5. The number of aromatic nitrogens is 2. The third-order valence-corrected chi connectivity index (χ3v) is 6.91. The summed E-state index contributed by atoms with van der Waals surface area (Å²) in [4.78, 5) is 12.8. The van der Waals surface area contributed by atoms with Crippen LogP contribution >= 0.6 is 0 Å². The van der Waals surface area contributed by atoms with Crippen LogP contribution in [-0.4, -0.2) is 48.6 Å². The van der Waals surface area contributed by atoms with Crippen molar-refractivity contribution in [1.29, 1.82) is 0 Å². The summed E-state index contributed by atoms with van der Waals surface area (Å²) in [5, 5.41) is 7.02. The van der Waals surface area contributed by atoms with Crippen molar-refractivity contribution in [3.05, 3.63) is 72.1 Å². The maximum atomic E-state index is 13.0. The monoisotopic (exact) mass is 442 g/mol. The zero-order chi connectivity index (χ0) is 22.4. The number of carbonyl (C=O) groups is 1. The molecule has 0 unspecified atom stereocenters. The summed E-state index contributed by atoms with van der Waals surface area (Å²) in [7, 11) is -2.39. The molecule has 0 aliphatic rings. The third kappa shape index (κ3) is 5.12. The number of nitrogens with one attached hydrogen (secondary N) is 1. The van der Waals surface area contributed by atoms with Gasteiger partial charge in [0.1, 0.15) is 10.6 Å². The number of nitrogens with zero attached hydrogens (tertiary/aromatic N) is 3. The van der Waals surface area contributed by atoms with Crippen molar-refractivity contribution in [1.82, 2.24) is 14.1 Å². The van der Waals surface area contributed by atoms with Gasteiger partial charge in [-0.15, -0.1) is 0 Å². The Kier molecular flexibility index (Phi) is 7.09. The molecule has 0 spiro atoms. The number of methoxy groups -OCH3 is 1. The van der Waals surface area contributed by atoms with Crippen LogP contribution in [0.25, 0.3) is 0 Å². The highest BCUT2D eigenvalue weighted by atomic mass is 32.2. The molecule has 8 nitrogen and oxygen atoms in total. The molecule has 0 fully saturated rings. The summed E-state index contributed by atoms with van der Waals surface area (Å²) in [6.45, 7) is 4.75. The summed E-state index contributed by atoms with van der Waals surface area (Å²) >= 11 is 0. The van der Waals surface area contributed by atoms with Crippen LogP contribution in [-0.2, 0) is 16.6 Å². The van der Waals surface area contributed by atoms with Gasteiger partial charge >= 0.3 is 0 Å². The molecule has 0 atom stereocenters. The minimum absolute atomic E-state index is 0.0289. The molecule has 2 aromatic carbocycles.